The highest BCUT2D eigenvalue weighted by Crippen LogP contribution is 2.07. The molecule has 4 unspecified atom stereocenters. The lowest BCUT2D eigenvalue weighted by molar-refractivity contribution is -0.142. The number of amides is 3. The number of aromatic amines is 1. The van der Waals surface area contributed by atoms with Gasteiger partial charge in [0.15, 0.2) is 0 Å². The largest absolute Gasteiger partial charge is 0.480 e. The maximum Gasteiger partial charge on any atom is 0.326 e. The molecule has 192 valence electrons. The van der Waals surface area contributed by atoms with Gasteiger partial charge < -0.3 is 37.5 Å². The van der Waals surface area contributed by atoms with Crippen molar-refractivity contribution in [2.45, 2.75) is 56.3 Å². The monoisotopic (exact) mass is 517 g/mol. The predicted molar refractivity (Wildman–Crippen MR) is 133 cm³/mol. The van der Waals surface area contributed by atoms with Crippen LogP contribution in [0.25, 0.3) is 0 Å². The third-order valence-electron chi connectivity index (χ3n) is 4.95. The highest BCUT2D eigenvalue weighted by molar-refractivity contribution is 7.98. The molecule has 1 heterocycles. The summed E-state index contributed by atoms with van der Waals surface area (Å²) < 4.78 is 0. The standard InChI is InChI=1S/C20H35N7O5S2/c1-34-7-5-14(25-17(28)13(22)10-33)18(29)27-16(8-12-9-23-11-24-12)19(30)26-15(20(31)32)4-2-3-6-21/h9,11,13-16,33H,2-8,10,21-22H2,1H3,(H,23,24)(H,25,28)(H,26,30)(H,27,29)(H,31,32). The number of thiol groups is 1. The molecule has 1 aromatic heterocycles. The van der Waals surface area contributed by atoms with Crippen molar-refractivity contribution in [3.8, 4) is 0 Å². The van der Waals surface area contributed by atoms with E-state index in [-0.39, 0.29) is 18.6 Å². The Morgan fingerprint density at radius 2 is 1.74 bits per heavy atom. The van der Waals surface area contributed by atoms with Crippen LogP contribution in [-0.2, 0) is 25.6 Å². The second kappa shape index (κ2) is 16.4. The third-order valence-corrected chi connectivity index (χ3v) is 5.99. The van der Waals surface area contributed by atoms with Crippen LogP contribution < -0.4 is 27.4 Å². The Balaban J connectivity index is 2.99. The molecule has 0 aliphatic rings. The molecule has 9 N–H and O–H groups in total. The van der Waals surface area contributed by atoms with Gasteiger partial charge in [0.2, 0.25) is 17.7 Å². The van der Waals surface area contributed by atoms with Crippen LogP contribution in [0.5, 0.6) is 0 Å². The lowest BCUT2D eigenvalue weighted by Gasteiger charge is -2.25. The van der Waals surface area contributed by atoms with Gasteiger partial charge in [0.05, 0.1) is 12.4 Å². The van der Waals surface area contributed by atoms with Gasteiger partial charge in [-0.25, -0.2) is 9.78 Å². The Labute approximate surface area is 208 Å². The average Bonchev–Trinajstić information content (AvgIpc) is 3.32. The molecule has 0 bridgehead atoms. The van der Waals surface area contributed by atoms with Crippen molar-refractivity contribution >= 4 is 48.1 Å². The van der Waals surface area contributed by atoms with Crippen LogP contribution >= 0.6 is 24.4 Å². The lowest BCUT2D eigenvalue weighted by atomic mass is 10.1. The van der Waals surface area contributed by atoms with E-state index in [4.69, 9.17) is 11.5 Å². The Morgan fingerprint density at radius 3 is 2.29 bits per heavy atom. The summed E-state index contributed by atoms with van der Waals surface area (Å²) in [6, 6.07) is -4.04. The number of aromatic nitrogens is 2. The number of aliphatic carboxylic acids is 1. The Morgan fingerprint density at radius 1 is 1.09 bits per heavy atom. The highest BCUT2D eigenvalue weighted by Gasteiger charge is 2.30. The molecule has 12 nitrogen and oxygen atoms in total. The van der Waals surface area contributed by atoms with E-state index >= 15 is 0 Å². The van der Waals surface area contributed by atoms with Crippen LogP contribution in [0.2, 0.25) is 0 Å². The zero-order valence-electron chi connectivity index (χ0n) is 19.2. The van der Waals surface area contributed by atoms with Gasteiger partial charge in [0, 0.05) is 24.1 Å². The van der Waals surface area contributed by atoms with Gasteiger partial charge >= 0.3 is 5.97 Å². The number of carboxylic acid groups (broad SMARTS) is 1. The van der Waals surface area contributed by atoms with E-state index in [0.717, 1.165) is 0 Å². The molecule has 0 aliphatic carbocycles. The number of carbonyl (C=O) groups excluding carboxylic acids is 3. The van der Waals surface area contributed by atoms with E-state index in [9.17, 15) is 24.3 Å². The van der Waals surface area contributed by atoms with E-state index in [1.165, 1.54) is 24.3 Å². The first-order valence-electron chi connectivity index (χ1n) is 10.9. The summed E-state index contributed by atoms with van der Waals surface area (Å²) in [4.78, 5) is 56.7. The van der Waals surface area contributed by atoms with Gasteiger partial charge in [-0.3, -0.25) is 14.4 Å². The number of rotatable bonds is 17. The molecule has 0 aromatic carbocycles. The molecule has 0 spiro atoms. The summed E-state index contributed by atoms with van der Waals surface area (Å²) >= 11 is 5.50. The first-order chi connectivity index (χ1) is 16.2. The number of H-pyrrole nitrogens is 1. The van der Waals surface area contributed by atoms with Crippen LogP contribution in [0.3, 0.4) is 0 Å². The minimum atomic E-state index is -1.18. The fourth-order valence-corrected chi connectivity index (χ4v) is 3.62. The number of thioether (sulfide) groups is 1. The Bertz CT molecular complexity index is 781. The predicted octanol–water partition coefficient (Wildman–Crippen LogP) is -1.37. The van der Waals surface area contributed by atoms with Gasteiger partial charge in [-0.15, -0.1) is 0 Å². The van der Waals surface area contributed by atoms with Gasteiger partial charge in [-0.2, -0.15) is 24.4 Å². The van der Waals surface area contributed by atoms with Crippen molar-refractivity contribution in [2.24, 2.45) is 11.5 Å². The SMILES string of the molecule is CSCCC(NC(=O)C(N)CS)C(=O)NC(Cc1cnc[nH]1)C(=O)NC(CCCCN)C(=O)O. The Kier molecular flexibility index (Phi) is 14.3. The maximum atomic E-state index is 13.0. The minimum Gasteiger partial charge on any atom is -0.480 e. The molecule has 4 atom stereocenters. The summed E-state index contributed by atoms with van der Waals surface area (Å²) in [5, 5.41) is 17.2. The second-order valence-corrected chi connectivity index (χ2v) is 9.01. The van der Waals surface area contributed by atoms with Crippen molar-refractivity contribution in [2.75, 3.05) is 24.3 Å². The molecular weight excluding hydrogens is 482 g/mol. The molecule has 1 rings (SSSR count). The zero-order chi connectivity index (χ0) is 25.5. The summed E-state index contributed by atoms with van der Waals surface area (Å²) in [6.07, 6.45) is 6.51. The summed E-state index contributed by atoms with van der Waals surface area (Å²) in [6.45, 7) is 0.415. The fourth-order valence-electron chi connectivity index (χ4n) is 2.99. The van der Waals surface area contributed by atoms with Crippen molar-refractivity contribution in [1.29, 1.82) is 0 Å². The smallest absolute Gasteiger partial charge is 0.326 e. The van der Waals surface area contributed by atoms with Crippen LogP contribution in [0, 0.1) is 0 Å². The van der Waals surface area contributed by atoms with Crippen LogP contribution in [0.15, 0.2) is 12.5 Å². The third kappa shape index (κ3) is 10.8. The van der Waals surface area contributed by atoms with E-state index in [1.807, 2.05) is 6.26 Å². The maximum absolute atomic E-state index is 13.0. The summed E-state index contributed by atoms with van der Waals surface area (Å²) in [5.74, 6) is -2.27. The van der Waals surface area contributed by atoms with E-state index in [1.54, 1.807) is 0 Å². The van der Waals surface area contributed by atoms with E-state index < -0.39 is 47.9 Å². The molecular formula is C20H35N7O5S2. The molecule has 14 heteroatoms. The average molecular weight is 518 g/mol. The number of carbonyl (C=O) groups is 4. The van der Waals surface area contributed by atoms with Crippen LogP contribution in [0.4, 0.5) is 0 Å². The zero-order valence-corrected chi connectivity index (χ0v) is 20.9. The minimum absolute atomic E-state index is 0.0477. The molecule has 3 amide bonds. The molecule has 0 fully saturated rings. The number of unbranched alkanes of at least 4 members (excludes halogenated alkanes) is 1. The molecule has 0 aliphatic heterocycles. The molecule has 34 heavy (non-hydrogen) atoms. The van der Waals surface area contributed by atoms with Crippen molar-refractivity contribution in [3.63, 3.8) is 0 Å². The number of imidazole rings is 1. The molecule has 0 radical (unpaired) electrons. The van der Waals surface area contributed by atoms with E-state index in [0.29, 0.717) is 37.3 Å². The first-order valence-corrected chi connectivity index (χ1v) is 12.9. The second-order valence-electron chi connectivity index (χ2n) is 7.66. The van der Waals surface area contributed by atoms with Crippen LogP contribution in [0.1, 0.15) is 31.4 Å². The Hall–Kier alpha value is -2.29. The lowest BCUT2D eigenvalue weighted by Crippen LogP contribution is -2.58. The summed E-state index contributed by atoms with van der Waals surface area (Å²) in [5.41, 5.74) is 11.7. The quantitative estimate of drug-likeness (QED) is 0.0905. The van der Waals surface area contributed by atoms with Crippen molar-refractivity contribution in [3.05, 3.63) is 18.2 Å². The van der Waals surface area contributed by atoms with Gasteiger partial charge in [0.1, 0.15) is 18.1 Å². The van der Waals surface area contributed by atoms with Crippen molar-refractivity contribution < 1.29 is 24.3 Å². The molecule has 0 saturated heterocycles. The van der Waals surface area contributed by atoms with Crippen LogP contribution in [-0.4, -0.2) is 87.2 Å². The number of nitrogens with zero attached hydrogens (tertiary/aromatic N) is 1. The first kappa shape index (κ1) is 29.7. The highest BCUT2D eigenvalue weighted by atomic mass is 32.2. The molecule has 1 aromatic rings. The van der Waals surface area contributed by atoms with Gasteiger partial charge in [-0.1, -0.05) is 0 Å². The number of hydrogen-bond acceptors (Lipinski definition) is 9. The van der Waals surface area contributed by atoms with Gasteiger partial charge in [0.25, 0.3) is 0 Å². The fraction of sp³-hybridized carbons (Fsp3) is 0.650. The van der Waals surface area contributed by atoms with E-state index in [2.05, 4.69) is 38.5 Å². The number of hydrogen-bond donors (Lipinski definition) is 8. The number of nitrogens with one attached hydrogen (secondary N) is 4. The number of carboxylic acids is 1. The van der Waals surface area contributed by atoms with Gasteiger partial charge in [-0.05, 0) is 44.2 Å². The summed E-state index contributed by atoms with van der Waals surface area (Å²) in [7, 11) is 0. The number of nitrogens with two attached hydrogens (primary N) is 2. The molecule has 0 saturated carbocycles. The van der Waals surface area contributed by atoms with Crippen molar-refractivity contribution in [1.82, 2.24) is 25.9 Å². The normalized spacial score (nSPS) is 14.5. The topological polar surface area (TPSA) is 205 Å².